The fraction of sp³-hybridized carbons (Fsp3) is 0.281. The predicted octanol–water partition coefficient (Wildman–Crippen LogP) is 2.19. The lowest BCUT2D eigenvalue weighted by Gasteiger charge is -2.27. The van der Waals surface area contributed by atoms with Crippen LogP contribution < -0.4 is 26.4 Å². The Morgan fingerprint density at radius 1 is 0.810 bits per heavy atom. The maximum absolute atomic E-state index is 13.6. The summed E-state index contributed by atoms with van der Waals surface area (Å²) < 4.78 is 4.86. The van der Waals surface area contributed by atoms with Crippen LogP contribution in [0.5, 0.6) is 5.75 Å². The molecule has 10 nitrogen and oxygen atoms in total. The van der Waals surface area contributed by atoms with Crippen LogP contribution >= 0.6 is 0 Å². The van der Waals surface area contributed by atoms with Gasteiger partial charge in [-0.05, 0) is 54.0 Å². The molecule has 3 atom stereocenters. The van der Waals surface area contributed by atoms with Crippen molar-refractivity contribution in [3.8, 4) is 5.75 Å². The molecular weight excluding hydrogens is 536 g/mol. The maximum atomic E-state index is 13.6. The topological polar surface area (TPSA) is 160 Å². The van der Waals surface area contributed by atoms with Gasteiger partial charge in [0.05, 0.1) is 12.5 Å². The van der Waals surface area contributed by atoms with Gasteiger partial charge in [-0.1, -0.05) is 72.8 Å². The highest BCUT2D eigenvalue weighted by molar-refractivity contribution is 5.92. The first-order chi connectivity index (χ1) is 20.3. The van der Waals surface area contributed by atoms with Crippen LogP contribution in [0.15, 0.2) is 84.9 Å². The summed E-state index contributed by atoms with van der Waals surface area (Å²) >= 11 is 0. The number of nitrogens with one attached hydrogen (secondary N) is 3. The highest BCUT2D eigenvalue weighted by Crippen LogP contribution is 2.31. The average Bonchev–Trinajstić information content (AvgIpc) is 3.80. The second-order valence-corrected chi connectivity index (χ2v) is 10.3. The summed E-state index contributed by atoms with van der Waals surface area (Å²) in [7, 11) is 0. The van der Waals surface area contributed by atoms with Gasteiger partial charge in [0.2, 0.25) is 11.8 Å². The Morgan fingerprint density at radius 2 is 1.40 bits per heavy atom. The second kappa shape index (κ2) is 14.8. The van der Waals surface area contributed by atoms with Crippen LogP contribution in [0.2, 0.25) is 0 Å². The molecule has 6 N–H and O–H groups in total. The Labute approximate surface area is 244 Å². The van der Waals surface area contributed by atoms with E-state index in [1.54, 1.807) is 18.6 Å². The lowest BCUT2D eigenvalue weighted by atomic mass is 9.98. The van der Waals surface area contributed by atoms with Gasteiger partial charge < -0.3 is 31.5 Å². The van der Waals surface area contributed by atoms with Gasteiger partial charge in [-0.3, -0.25) is 14.4 Å². The number of hydrogen-bond acceptors (Lipinski definition) is 6. The van der Waals surface area contributed by atoms with E-state index in [0.29, 0.717) is 5.56 Å². The van der Waals surface area contributed by atoms with Crippen molar-refractivity contribution < 1.29 is 29.0 Å². The average molecular weight is 572 g/mol. The number of primary amides is 1. The number of ether oxygens (including phenoxy) is 1. The molecule has 42 heavy (non-hydrogen) atoms. The third-order valence-electron chi connectivity index (χ3n) is 6.81. The molecule has 3 aromatic carbocycles. The largest absolute Gasteiger partial charge is 0.411 e. The first-order valence-electron chi connectivity index (χ1n) is 13.8. The Bertz CT molecular complexity index is 1350. The number of carbonyl (C=O) groups is 4. The van der Waals surface area contributed by atoms with Crippen LogP contribution in [0.1, 0.15) is 29.5 Å². The molecule has 0 unspecified atom stereocenters. The number of nitrogens with two attached hydrogens (primary N) is 1. The molecule has 10 heteroatoms. The normalized spacial score (nSPS) is 14.6. The summed E-state index contributed by atoms with van der Waals surface area (Å²) in [5, 5.41) is 19.4. The third-order valence-corrected chi connectivity index (χ3v) is 6.81. The molecule has 1 aliphatic carbocycles. The monoisotopic (exact) mass is 571 g/mol. The Kier molecular flexibility index (Phi) is 10.7. The highest BCUT2D eigenvalue weighted by atomic mass is 16.5. The molecule has 219 valence electrons. The van der Waals surface area contributed by atoms with E-state index in [1.807, 2.05) is 60.7 Å². The zero-order valence-electron chi connectivity index (χ0n) is 23.1. The van der Waals surface area contributed by atoms with E-state index in [0.717, 1.165) is 24.0 Å². The smallest absolute Gasteiger partial charge is 0.409 e. The highest BCUT2D eigenvalue weighted by Gasteiger charge is 2.32. The number of carbonyl (C=O) groups excluding carboxylic acids is 4. The molecule has 1 fully saturated rings. The number of rotatable bonds is 14. The van der Waals surface area contributed by atoms with Gasteiger partial charge in [0, 0.05) is 13.0 Å². The van der Waals surface area contributed by atoms with E-state index in [9.17, 15) is 24.3 Å². The minimum Gasteiger partial charge on any atom is -0.411 e. The van der Waals surface area contributed by atoms with Gasteiger partial charge in [-0.25, -0.2) is 4.79 Å². The molecule has 1 aliphatic rings. The summed E-state index contributed by atoms with van der Waals surface area (Å²) in [5.41, 5.74) is 7.42. The SMILES string of the molecule is NC(=O)Oc1ccc(C[C@H](NC(=O)[CH]C2CC2)C(=O)N[C@@H](Cc2ccccc2)[C@H](O)C(=O)NCc2ccccc2)cc1. The summed E-state index contributed by atoms with van der Waals surface area (Å²) in [5.74, 6) is -1.12. The van der Waals surface area contributed by atoms with Crippen molar-refractivity contribution >= 4 is 23.8 Å². The van der Waals surface area contributed by atoms with Crippen molar-refractivity contribution in [2.45, 2.75) is 50.4 Å². The van der Waals surface area contributed by atoms with Gasteiger partial charge in [-0.2, -0.15) is 0 Å². The van der Waals surface area contributed by atoms with Crippen molar-refractivity contribution in [2.75, 3.05) is 0 Å². The van der Waals surface area contributed by atoms with Gasteiger partial charge in [0.25, 0.3) is 5.91 Å². The van der Waals surface area contributed by atoms with Crippen molar-refractivity contribution in [3.05, 3.63) is 108 Å². The fourth-order valence-electron chi connectivity index (χ4n) is 4.42. The predicted molar refractivity (Wildman–Crippen MR) is 156 cm³/mol. The fourth-order valence-corrected chi connectivity index (χ4v) is 4.42. The molecule has 0 bridgehead atoms. The van der Waals surface area contributed by atoms with E-state index in [-0.39, 0.29) is 37.0 Å². The molecule has 4 rings (SSSR count). The molecule has 0 aromatic heterocycles. The number of aliphatic hydroxyl groups excluding tert-OH is 1. The summed E-state index contributed by atoms with van der Waals surface area (Å²) in [4.78, 5) is 50.3. The summed E-state index contributed by atoms with van der Waals surface area (Å²) in [6, 6.07) is 22.9. The van der Waals surface area contributed by atoms with Gasteiger partial charge >= 0.3 is 6.09 Å². The van der Waals surface area contributed by atoms with Crippen LogP contribution in [0.25, 0.3) is 0 Å². The molecule has 0 heterocycles. The van der Waals surface area contributed by atoms with Crippen LogP contribution in [-0.4, -0.2) is 47.1 Å². The quantitative estimate of drug-likeness (QED) is 0.199. The van der Waals surface area contributed by atoms with E-state index in [1.165, 1.54) is 12.1 Å². The van der Waals surface area contributed by atoms with E-state index in [4.69, 9.17) is 10.5 Å². The van der Waals surface area contributed by atoms with Crippen LogP contribution in [0, 0.1) is 12.3 Å². The third kappa shape index (κ3) is 9.74. The van der Waals surface area contributed by atoms with Crippen LogP contribution in [0.3, 0.4) is 0 Å². The molecule has 0 aliphatic heterocycles. The molecule has 1 radical (unpaired) electrons. The number of aliphatic hydroxyl groups is 1. The minimum absolute atomic E-state index is 0.112. The lowest BCUT2D eigenvalue weighted by molar-refractivity contribution is -0.133. The Morgan fingerprint density at radius 3 is 2.00 bits per heavy atom. The van der Waals surface area contributed by atoms with Crippen molar-refractivity contribution in [1.82, 2.24) is 16.0 Å². The zero-order chi connectivity index (χ0) is 29.9. The van der Waals surface area contributed by atoms with Crippen molar-refractivity contribution in [1.29, 1.82) is 0 Å². The number of benzene rings is 3. The van der Waals surface area contributed by atoms with E-state index in [2.05, 4.69) is 16.0 Å². The van der Waals surface area contributed by atoms with Crippen LogP contribution in [0.4, 0.5) is 4.79 Å². The Hall–Kier alpha value is -4.70. The van der Waals surface area contributed by atoms with Crippen molar-refractivity contribution in [2.24, 2.45) is 11.7 Å². The summed E-state index contributed by atoms with van der Waals surface area (Å²) in [6.45, 7) is 0.216. The first-order valence-corrected chi connectivity index (χ1v) is 13.8. The molecule has 4 amide bonds. The van der Waals surface area contributed by atoms with E-state index < -0.39 is 36.1 Å². The molecule has 0 spiro atoms. The molecule has 0 saturated heterocycles. The summed E-state index contributed by atoms with van der Waals surface area (Å²) in [6.07, 6.45) is 1.21. The molecular formula is C32H35N4O6. The van der Waals surface area contributed by atoms with E-state index >= 15 is 0 Å². The standard InChI is InChI=1S/C32H35N4O6/c33-32(41)42-25-15-13-22(14-16-25)18-27(35-28(37)19-23-11-12-23)30(39)36-26(17-21-7-3-1-4-8-21)29(38)31(40)34-20-24-9-5-2-6-10-24/h1-10,13-16,19,23,26-27,29,38H,11-12,17-18,20H2,(H2,33,41)(H,34,40)(H,35,37)(H,36,39)/t26-,27-,29-/m0/s1. The van der Waals surface area contributed by atoms with Gasteiger partial charge in [0.1, 0.15) is 11.8 Å². The molecule has 3 aromatic rings. The second-order valence-electron chi connectivity index (χ2n) is 10.3. The Balaban J connectivity index is 1.49. The minimum atomic E-state index is -1.56. The number of hydrogen-bond donors (Lipinski definition) is 5. The zero-order valence-corrected chi connectivity index (χ0v) is 23.1. The maximum Gasteiger partial charge on any atom is 0.409 e. The molecule has 1 saturated carbocycles. The number of amides is 4. The lowest BCUT2D eigenvalue weighted by Crippen LogP contribution is -2.56. The van der Waals surface area contributed by atoms with Crippen molar-refractivity contribution in [3.63, 3.8) is 0 Å². The van der Waals surface area contributed by atoms with Crippen LogP contribution in [-0.2, 0) is 33.8 Å². The first kappa shape index (κ1) is 30.3. The van der Waals surface area contributed by atoms with Gasteiger partial charge in [0.15, 0.2) is 6.10 Å². The van der Waals surface area contributed by atoms with Gasteiger partial charge in [-0.15, -0.1) is 0 Å².